The number of amides is 1. The predicted octanol–water partition coefficient (Wildman–Crippen LogP) is 3.60. The van der Waals surface area contributed by atoms with Crippen LogP contribution in [-0.4, -0.2) is 17.0 Å². The molecule has 0 saturated heterocycles. The Morgan fingerprint density at radius 1 is 1.15 bits per heavy atom. The van der Waals surface area contributed by atoms with Crippen molar-refractivity contribution in [2.75, 3.05) is 5.32 Å². The van der Waals surface area contributed by atoms with Gasteiger partial charge in [-0.2, -0.15) is 0 Å². The number of hydrogen-bond donors (Lipinski definition) is 2. The second kappa shape index (κ2) is 6.29. The van der Waals surface area contributed by atoms with E-state index in [1.54, 1.807) is 18.2 Å². The minimum absolute atomic E-state index is 0.323. The van der Waals surface area contributed by atoms with E-state index in [1.807, 2.05) is 6.08 Å². The lowest BCUT2D eigenvalue weighted by Crippen LogP contribution is -2.34. The van der Waals surface area contributed by atoms with Crippen LogP contribution in [0.3, 0.4) is 0 Å². The number of carboxylic acids is 1. The molecule has 106 valence electrons. The molecule has 0 bridgehead atoms. The van der Waals surface area contributed by atoms with E-state index >= 15 is 0 Å². The summed E-state index contributed by atoms with van der Waals surface area (Å²) in [6, 6.07) is 4.73. The van der Waals surface area contributed by atoms with Gasteiger partial charge in [0.25, 0.3) is 0 Å². The Kier molecular flexibility index (Phi) is 4.68. The van der Waals surface area contributed by atoms with Gasteiger partial charge in [0.05, 0.1) is 22.5 Å². The molecule has 0 radical (unpaired) electrons. The molecule has 2 N–H and O–H groups in total. The summed E-state index contributed by atoms with van der Waals surface area (Å²) in [6.45, 7) is 0. The third-order valence-corrected chi connectivity index (χ3v) is 3.82. The summed E-state index contributed by atoms with van der Waals surface area (Å²) in [5.41, 5.74) is 0.430. The van der Waals surface area contributed by atoms with E-state index in [4.69, 9.17) is 28.3 Å². The zero-order valence-electron chi connectivity index (χ0n) is 10.5. The van der Waals surface area contributed by atoms with Crippen molar-refractivity contribution >= 4 is 40.8 Å². The first-order valence-corrected chi connectivity index (χ1v) is 6.88. The predicted molar refractivity (Wildman–Crippen MR) is 78.1 cm³/mol. The van der Waals surface area contributed by atoms with Crippen LogP contribution in [0.1, 0.15) is 12.8 Å². The summed E-state index contributed by atoms with van der Waals surface area (Å²) >= 11 is 11.8. The number of allylic oxidation sites excluding steroid dienone is 2. The van der Waals surface area contributed by atoms with Crippen molar-refractivity contribution in [1.82, 2.24) is 0 Å². The number of aliphatic carboxylic acids is 1. The van der Waals surface area contributed by atoms with Crippen molar-refractivity contribution in [2.45, 2.75) is 12.8 Å². The van der Waals surface area contributed by atoms with E-state index in [0.717, 1.165) is 0 Å². The largest absolute Gasteiger partial charge is 0.481 e. The number of anilines is 1. The van der Waals surface area contributed by atoms with Crippen molar-refractivity contribution in [3.8, 4) is 0 Å². The minimum Gasteiger partial charge on any atom is -0.481 e. The molecule has 1 aliphatic carbocycles. The van der Waals surface area contributed by atoms with Gasteiger partial charge in [-0.05, 0) is 31.0 Å². The summed E-state index contributed by atoms with van der Waals surface area (Å²) < 4.78 is 0. The smallest absolute Gasteiger partial charge is 0.307 e. The molecule has 1 amide bonds. The van der Waals surface area contributed by atoms with Crippen molar-refractivity contribution in [1.29, 1.82) is 0 Å². The third-order valence-electron chi connectivity index (χ3n) is 3.28. The molecule has 0 heterocycles. The van der Waals surface area contributed by atoms with E-state index in [9.17, 15) is 9.59 Å². The van der Waals surface area contributed by atoms with Crippen LogP contribution in [0.4, 0.5) is 5.69 Å². The monoisotopic (exact) mass is 313 g/mol. The highest BCUT2D eigenvalue weighted by molar-refractivity contribution is 6.36. The van der Waals surface area contributed by atoms with Gasteiger partial charge >= 0.3 is 5.97 Å². The molecular weight excluding hydrogens is 301 g/mol. The lowest BCUT2D eigenvalue weighted by Gasteiger charge is -2.24. The standard InChI is InChI=1S/C14H13Cl2NO3/c15-8-5-6-12(11(16)7-8)17-13(18)9-3-1-2-4-10(9)14(19)20/h1-2,5-7,9-10H,3-4H2,(H,17,18)(H,19,20)/t9-,10-/m1/s1. The molecule has 0 fully saturated rings. The molecule has 0 saturated carbocycles. The first-order chi connectivity index (χ1) is 9.49. The highest BCUT2D eigenvalue weighted by Crippen LogP contribution is 2.30. The van der Waals surface area contributed by atoms with Crippen LogP contribution in [0, 0.1) is 11.8 Å². The number of nitrogens with one attached hydrogen (secondary N) is 1. The molecule has 1 aliphatic rings. The average molecular weight is 314 g/mol. The Balaban J connectivity index is 2.14. The zero-order chi connectivity index (χ0) is 14.7. The number of benzene rings is 1. The number of hydrogen-bond acceptors (Lipinski definition) is 2. The first kappa shape index (κ1) is 14.9. The fraction of sp³-hybridized carbons (Fsp3) is 0.286. The Hall–Kier alpha value is -1.52. The van der Waals surface area contributed by atoms with Crippen molar-refractivity contribution in [3.05, 3.63) is 40.4 Å². The van der Waals surface area contributed by atoms with E-state index in [0.29, 0.717) is 28.6 Å². The number of rotatable bonds is 3. The Morgan fingerprint density at radius 3 is 2.40 bits per heavy atom. The Morgan fingerprint density at radius 2 is 1.80 bits per heavy atom. The van der Waals surface area contributed by atoms with Gasteiger partial charge in [-0.3, -0.25) is 9.59 Å². The van der Waals surface area contributed by atoms with Crippen molar-refractivity contribution in [2.24, 2.45) is 11.8 Å². The van der Waals surface area contributed by atoms with Crippen LogP contribution < -0.4 is 5.32 Å². The van der Waals surface area contributed by atoms with Crippen LogP contribution in [0.5, 0.6) is 0 Å². The van der Waals surface area contributed by atoms with Gasteiger partial charge in [-0.25, -0.2) is 0 Å². The third kappa shape index (κ3) is 3.32. The van der Waals surface area contributed by atoms with Crippen LogP contribution in [0.25, 0.3) is 0 Å². The molecule has 2 atom stereocenters. The normalized spacial score (nSPS) is 21.5. The second-order valence-corrected chi connectivity index (χ2v) is 5.45. The highest BCUT2D eigenvalue weighted by Gasteiger charge is 2.34. The van der Waals surface area contributed by atoms with Gasteiger partial charge in [0, 0.05) is 5.02 Å². The molecule has 1 aromatic rings. The van der Waals surface area contributed by atoms with E-state index in [-0.39, 0.29) is 5.91 Å². The molecular formula is C14H13Cl2NO3. The first-order valence-electron chi connectivity index (χ1n) is 6.12. The maximum absolute atomic E-state index is 12.2. The topological polar surface area (TPSA) is 66.4 Å². The lowest BCUT2D eigenvalue weighted by atomic mass is 9.82. The van der Waals surface area contributed by atoms with Gasteiger partial charge in [-0.1, -0.05) is 35.4 Å². The van der Waals surface area contributed by atoms with Crippen molar-refractivity contribution < 1.29 is 14.7 Å². The molecule has 0 aliphatic heterocycles. The van der Waals surface area contributed by atoms with Crippen LogP contribution in [-0.2, 0) is 9.59 Å². The Bertz CT molecular complexity index is 572. The van der Waals surface area contributed by atoms with E-state index in [1.165, 1.54) is 6.07 Å². The summed E-state index contributed by atoms with van der Waals surface area (Å²) in [7, 11) is 0. The zero-order valence-corrected chi connectivity index (χ0v) is 12.0. The van der Waals surface area contributed by atoms with Gasteiger partial charge in [0.2, 0.25) is 5.91 Å². The Labute approximate surface area is 126 Å². The second-order valence-electron chi connectivity index (χ2n) is 4.61. The van der Waals surface area contributed by atoms with Crippen molar-refractivity contribution in [3.63, 3.8) is 0 Å². The van der Waals surface area contributed by atoms with Gasteiger partial charge < -0.3 is 10.4 Å². The highest BCUT2D eigenvalue weighted by atomic mass is 35.5. The van der Waals surface area contributed by atoms with Crippen LogP contribution in [0.2, 0.25) is 10.0 Å². The quantitative estimate of drug-likeness (QED) is 0.838. The van der Waals surface area contributed by atoms with Crippen LogP contribution in [0.15, 0.2) is 30.4 Å². The average Bonchev–Trinajstić information content (AvgIpc) is 2.41. The lowest BCUT2D eigenvalue weighted by molar-refractivity contribution is -0.146. The minimum atomic E-state index is -0.961. The summed E-state index contributed by atoms with van der Waals surface area (Å²) in [5, 5.41) is 12.6. The van der Waals surface area contributed by atoms with E-state index in [2.05, 4.69) is 5.32 Å². The van der Waals surface area contributed by atoms with Gasteiger partial charge in [-0.15, -0.1) is 0 Å². The van der Waals surface area contributed by atoms with E-state index < -0.39 is 17.8 Å². The molecule has 0 spiro atoms. The summed E-state index contributed by atoms with van der Waals surface area (Å²) in [5.74, 6) is -2.60. The molecule has 20 heavy (non-hydrogen) atoms. The fourth-order valence-corrected chi connectivity index (χ4v) is 2.65. The maximum atomic E-state index is 12.2. The molecule has 6 heteroatoms. The molecule has 0 unspecified atom stereocenters. The molecule has 0 aromatic heterocycles. The van der Waals surface area contributed by atoms with Gasteiger partial charge in [0.15, 0.2) is 0 Å². The number of carbonyl (C=O) groups is 2. The van der Waals surface area contributed by atoms with Crippen LogP contribution >= 0.6 is 23.2 Å². The molecule has 4 nitrogen and oxygen atoms in total. The molecule has 1 aromatic carbocycles. The van der Waals surface area contributed by atoms with Gasteiger partial charge in [0.1, 0.15) is 0 Å². The summed E-state index contributed by atoms with van der Waals surface area (Å²) in [6.07, 6.45) is 4.39. The number of carbonyl (C=O) groups excluding carboxylic acids is 1. The fourth-order valence-electron chi connectivity index (χ4n) is 2.19. The maximum Gasteiger partial charge on any atom is 0.307 e. The number of carboxylic acid groups (broad SMARTS) is 1. The number of halogens is 2. The molecule has 2 rings (SSSR count). The summed E-state index contributed by atoms with van der Waals surface area (Å²) in [4.78, 5) is 23.4. The SMILES string of the molecule is O=C(O)[C@@H]1CC=CC[C@H]1C(=O)Nc1ccc(Cl)cc1Cl.